The van der Waals surface area contributed by atoms with E-state index < -0.39 is 0 Å². The van der Waals surface area contributed by atoms with Crippen LogP contribution >= 0.6 is 0 Å². The number of allylic oxidation sites excluding steroid dienone is 4. The Morgan fingerprint density at radius 1 is 1.07 bits per heavy atom. The summed E-state index contributed by atoms with van der Waals surface area (Å²) < 4.78 is 15.8. The van der Waals surface area contributed by atoms with Crippen molar-refractivity contribution in [3.8, 4) is 0 Å². The van der Waals surface area contributed by atoms with Crippen LogP contribution in [-0.2, 0) is 23.8 Å². The van der Waals surface area contributed by atoms with E-state index in [4.69, 9.17) is 14.2 Å². The van der Waals surface area contributed by atoms with E-state index in [0.717, 1.165) is 25.7 Å². The van der Waals surface area contributed by atoms with E-state index >= 15 is 0 Å². The summed E-state index contributed by atoms with van der Waals surface area (Å²) in [5.74, 6) is -0.240. The van der Waals surface area contributed by atoms with Crippen molar-refractivity contribution in [2.75, 3.05) is 14.2 Å². The van der Waals surface area contributed by atoms with Gasteiger partial charge in [-0.25, -0.2) is 9.59 Å². The Morgan fingerprint density at radius 2 is 1.74 bits per heavy atom. The van der Waals surface area contributed by atoms with Crippen molar-refractivity contribution >= 4 is 11.9 Å². The van der Waals surface area contributed by atoms with Crippen LogP contribution in [0.2, 0.25) is 0 Å². The number of hydrogen-bond acceptors (Lipinski definition) is 5. The lowest BCUT2D eigenvalue weighted by Gasteiger charge is -2.13. The zero-order chi connectivity index (χ0) is 20.0. The number of esters is 2. The van der Waals surface area contributed by atoms with Crippen LogP contribution in [0, 0.1) is 5.92 Å². The van der Waals surface area contributed by atoms with Crippen LogP contribution in [0.4, 0.5) is 0 Å². The average Bonchev–Trinajstić information content (AvgIpc) is 3.30. The van der Waals surface area contributed by atoms with E-state index in [1.54, 1.807) is 0 Å². The Kier molecular flexibility index (Phi) is 7.42. The average molecular weight is 376 g/mol. The molecule has 1 heterocycles. The molecule has 0 aromatic carbocycles. The summed E-state index contributed by atoms with van der Waals surface area (Å²) in [6.45, 7) is 6.32. The van der Waals surface area contributed by atoms with Gasteiger partial charge in [0.2, 0.25) is 0 Å². The first-order valence-corrected chi connectivity index (χ1v) is 9.73. The highest BCUT2D eigenvalue weighted by Gasteiger charge is 2.50. The zero-order valence-electron chi connectivity index (χ0n) is 17.2. The predicted molar refractivity (Wildman–Crippen MR) is 104 cm³/mol. The maximum atomic E-state index is 12.1. The van der Waals surface area contributed by atoms with Gasteiger partial charge in [0.05, 0.1) is 25.9 Å². The lowest BCUT2D eigenvalue weighted by Crippen LogP contribution is -2.12. The summed E-state index contributed by atoms with van der Waals surface area (Å²) in [5, 5.41) is 0. The van der Waals surface area contributed by atoms with E-state index in [1.807, 2.05) is 18.2 Å². The fourth-order valence-corrected chi connectivity index (χ4v) is 3.55. The molecular weight excluding hydrogens is 344 g/mol. The van der Waals surface area contributed by atoms with Crippen molar-refractivity contribution in [1.29, 1.82) is 0 Å². The summed E-state index contributed by atoms with van der Waals surface area (Å²) in [6.07, 6.45) is 10.4. The van der Waals surface area contributed by atoms with Crippen LogP contribution in [0.25, 0.3) is 0 Å². The third-order valence-electron chi connectivity index (χ3n) is 5.56. The number of epoxide rings is 1. The predicted octanol–water partition coefficient (Wildman–Crippen LogP) is 4.28. The van der Waals surface area contributed by atoms with Gasteiger partial charge in [-0.3, -0.25) is 0 Å². The highest BCUT2D eigenvalue weighted by Crippen LogP contribution is 2.43. The molecule has 0 amide bonds. The lowest BCUT2D eigenvalue weighted by molar-refractivity contribution is -0.137. The molecule has 0 aromatic heterocycles. The number of ether oxygens (including phenoxy) is 3. The summed E-state index contributed by atoms with van der Waals surface area (Å²) in [5.41, 5.74) is 2.38. The van der Waals surface area contributed by atoms with E-state index in [1.165, 1.54) is 19.8 Å². The molecule has 0 bridgehead atoms. The van der Waals surface area contributed by atoms with Crippen LogP contribution in [0.1, 0.15) is 59.3 Å². The zero-order valence-corrected chi connectivity index (χ0v) is 17.2. The van der Waals surface area contributed by atoms with Gasteiger partial charge in [-0.15, -0.1) is 0 Å². The molecule has 2 aliphatic rings. The molecule has 0 N–H and O–H groups in total. The molecule has 5 nitrogen and oxygen atoms in total. The molecule has 1 aliphatic heterocycles. The molecule has 1 fully saturated rings. The number of carbonyl (C=O) groups excluding carboxylic acids is 2. The molecule has 0 saturated carbocycles. The number of rotatable bonds is 3. The van der Waals surface area contributed by atoms with E-state index in [2.05, 4.69) is 20.8 Å². The van der Waals surface area contributed by atoms with Gasteiger partial charge in [0, 0.05) is 11.1 Å². The van der Waals surface area contributed by atoms with Crippen molar-refractivity contribution < 1.29 is 23.8 Å². The number of carbonyl (C=O) groups is 2. The van der Waals surface area contributed by atoms with Gasteiger partial charge in [-0.2, -0.15) is 0 Å². The minimum atomic E-state index is -0.293. The standard InChI is InChI=1S/C22H32O5/c1-15(2)16-8-10-17(20(23)25-4)7-6-14-22(3)19(27-22)13-12-18(11-9-16)21(24)26-5/h7,9,11,15,19H,6,8,10,12-14H2,1-5H3/b16-9-,17-7-,18-11+/t19-,22-/m0/s1. The van der Waals surface area contributed by atoms with Crippen molar-refractivity contribution in [2.24, 2.45) is 5.92 Å². The molecule has 0 spiro atoms. The second-order valence-corrected chi connectivity index (χ2v) is 7.80. The van der Waals surface area contributed by atoms with Gasteiger partial charge in [-0.05, 0) is 51.4 Å². The first kappa shape index (κ1) is 21.4. The Balaban J connectivity index is 2.31. The Bertz CT molecular complexity index is 656. The molecule has 2 rings (SSSR count). The SMILES string of the molecule is COC(=O)/C1=C\CC[C@]2(C)O[C@H]2CC/C(C(=O)OC)=C\C=C(/C(C)C)CC1. The molecule has 0 unspecified atom stereocenters. The second-order valence-electron chi connectivity index (χ2n) is 7.80. The maximum absolute atomic E-state index is 12.1. The summed E-state index contributed by atoms with van der Waals surface area (Å²) in [6, 6.07) is 0. The van der Waals surface area contributed by atoms with Crippen LogP contribution in [-0.4, -0.2) is 37.9 Å². The highest BCUT2D eigenvalue weighted by atomic mass is 16.6. The van der Waals surface area contributed by atoms with E-state index in [-0.39, 0.29) is 23.6 Å². The first-order chi connectivity index (χ1) is 12.8. The Labute approximate surface area is 162 Å². The van der Waals surface area contributed by atoms with Gasteiger partial charge in [0.1, 0.15) is 0 Å². The fraction of sp³-hybridized carbons (Fsp3) is 0.636. The van der Waals surface area contributed by atoms with Crippen LogP contribution in [0.15, 0.2) is 34.9 Å². The number of fused-ring (bicyclic) bond motifs is 1. The summed E-state index contributed by atoms with van der Waals surface area (Å²) in [7, 11) is 2.83. The molecule has 1 saturated heterocycles. The van der Waals surface area contributed by atoms with E-state index in [0.29, 0.717) is 29.9 Å². The van der Waals surface area contributed by atoms with Gasteiger partial charge in [0.25, 0.3) is 0 Å². The van der Waals surface area contributed by atoms with Gasteiger partial charge < -0.3 is 14.2 Å². The minimum absolute atomic E-state index is 0.136. The van der Waals surface area contributed by atoms with E-state index in [9.17, 15) is 9.59 Å². The fourth-order valence-electron chi connectivity index (χ4n) is 3.55. The van der Waals surface area contributed by atoms with Crippen LogP contribution in [0.3, 0.4) is 0 Å². The largest absolute Gasteiger partial charge is 0.466 e. The van der Waals surface area contributed by atoms with Crippen molar-refractivity contribution in [3.05, 3.63) is 34.9 Å². The highest BCUT2D eigenvalue weighted by molar-refractivity contribution is 5.89. The lowest BCUT2D eigenvalue weighted by atomic mass is 9.92. The van der Waals surface area contributed by atoms with Gasteiger partial charge >= 0.3 is 11.9 Å². The quantitative estimate of drug-likeness (QED) is 0.543. The van der Waals surface area contributed by atoms with Gasteiger partial charge in [-0.1, -0.05) is 37.6 Å². The number of hydrogen-bond donors (Lipinski definition) is 0. The van der Waals surface area contributed by atoms with Crippen molar-refractivity contribution in [2.45, 2.75) is 71.0 Å². The molecule has 2 atom stereocenters. The third-order valence-corrected chi connectivity index (χ3v) is 5.56. The molecular formula is C22H32O5. The monoisotopic (exact) mass is 376 g/mol. The molecule has 27 heavy (non-hydrogen) atoms. The van der Waals surface area contributed by atoms with Gasteiger partial charge in [0.15, 0.2) is 0 Å². The molecule has 150 valence electrons. The molecule has 0 aromatic rings. The van der Waals surface area contributed by atoms with Crippen LogP contribution < -0.4 is 0 Å². The Hall–Kier alpha value is -1.88. The first-order valence-electron chi connectivity index (χ1n) is 9.73. The number of methoxy groups -OCH3 is 2. The smallest absolute Gasteiger partial charge is 0.333 e. The third kappa shape index (κ3) is 5.80. The van der Waals surface area contributed by atoms with Crippen molar-refractivity contribution in [1.82, 2.24) is 0 Å². The topological polar surface area (TPSA) is 65.1 Å². The van der Waals surface area contributed by atoms with Crippen molar-refractivity contribution in [3.63, 3.8) is 0 Å². The molecule has 1 aliphatic carbocycles. The molecule has 0 radical (unpaired) electrons. The minimum Gasteiger partial charge on any atom is -0.466 e. The normalized spacial score (nSPS) is 32.5. The summed E-state index contributed by atoms with van der Waals surface area (Å²) >= 11 is 0. The second kappa shape index (κ2) is 9.36. The summed E-state index contributed by atoms with van der Waals surface area (Å²) in [4.78, 5) is 24.3. The maximum Gasteiger partial charge on any atom is 0.333 e. The van der Waals surface area contributed by atoms with Crippen LogP contribution in [0.5, 0.6) is 0 Å². The Morgan fingerprint density at radius 3 is 2.37 bits per heavy atom. The molecule has 5 heteroatoms.